The first-order chi connectivity index (χ1) is 16.3. The van der Waals surface area contributed by atoms with Crippen LogP contribution in [0.3, 0.4) is 0 Å². The van der Waals surface area contributed by atoms with Gasteiger partial charge in [0.25, 0.3) is 0 Å². The predicted octanol–water partition coefficient (Wildman–Crippen LogP) is 5.25. The Morgan fingerprint density at radius 1 is 1.24 bits per heavy atom. The second kappa shape index (κ2) is 13.3. The number of carbonyl (C=O) groups is 3. The minimum atomic E-state index is -1.37. The molecule has 1 heterocycles. The molecule has 2 aliphatic rings. The molecule has 2 rings (SSSR count). The Kier molecular flexibility index (Phi) is 10.7. The third-order valence-electron chi connectivity index (χ3n) is 6.45. The number of hydrogen-bond acceptors (Lipinski definition) is 7. The van der Waals surface area contributed by atoms with Crippen LogP contribution in [0.2, 0.25) is 0 Å². The van der Waals surface area contributed by atoms with Crippen molar-refractivity contribution in [3.8, 4) is 0 Å². The SMILES string of the molecule is CCCC(CC)C1(CCC2=CCC=C(OC)C=C2)CC(=O)C(C(=O)CCON=C(C)C)C(=O)O1. The van der Waals surface area contributed by atoms with E-state index in [0.29, 0.717) is 12.8 Å². The third kappa shape index (κ3) is 7.40. The molecule has 34 heavy (non-hydrogen) atoms. The van der Waals surface area contributed by atoms with Crippen molar-refractivity contribution in [2.45, 2.75) is 84.7 Å². The van der Waals surface area contributed by atoms with Crippen LogP contribution in [0, 0.1) is 11.8 Å². The van der Waals surface area contributed by atoms with Crippen molar-refractivity contribution in [3.05, 3.63) is 35.6 Å². The highest BCUT2D eigenvalue weighted by Crippen LogP contribution is 2.42. The van der Waals surface area contributed by atoms with Gasteiger partial charge in [0.1, 0.15) is 18.0 Å². The summed E-state index contributed by atoms with van der Waals surface area (Å²) < 4.78 is 11.4. The summed E-state index contributed by atoms with van der Waals surface area (Å²) in [4.78, 5) is 43.9. The van der Waals surface area contributed by atoms with E-state index in [0.717, 1.165) is 42.7 Å². The molecule has 0 spiro atoms. The lowest BCUT2D eigenvalue weighted by Gasteiger charge is -2.44. The van der Waals surface area contributed by atoms with Gasteiger partial charge in [-0.2, -0.15) is 0 Å². The fraction of sp³-hybridized carbons (Fsp3) is 0.630. The molecule has 7 nitrogen and oxygen atoms in total. The molecule has 1 fully saturated rings. The number of allylic oxidation sites excluding steroid dienone is 5. The molecule has 1 saturated heterocycles. The Morgan fingerprint density at radius 2 is 2.00 bits per heavy atom. The van der Waals surface area contributed by atoms with Gasteiger partial charge in [-0.15, -0.1) is 0 Å². The zero-order valence-electron chi connectivity index (χ0n) is 21.2. The van der Waals surface area contributed by atoms with Crippen LogP contribution in [0.1, 0.15) is 79.1 Å². The van der Waals surface area contributed by atoms with E-state index in [1.165, 1.54) is 0 Å². The van der Waals surface area contributed by atoms with E-state index < -0.39 is 23.3 Å². The third-order valence-corrected chi connectivity index (χ3v) is 6.45. The monoisotopic (exact) mass is 473 g/mol. The Morgan fingerprint density at radius 3 is 2.62 bits per heavy atom. The van der Waals surface area contributed by atoms with E-state index in [1.54, 1.807) is 21.0 Å². The first kappa shape index (κ1) is 27.5. The summed E-state index contributed by atoms with van der Waals surface area (Å²) in [7, 11) is 1.64. The number of esters is 1. The van der Waals surface area contributed by atoms with E-state index in [1.807, 2.05) is 18.2 Å². The van der Waals surface area contributed by atoms with Crippen molar-refractivity contribution in [1.82, 2.24) is 0 Å². The molecule has 1 aliphatic carbocycles. The molecule has 0 aromatic rings. The molecule has 0 N–H and O–H groups in total. The maximum absolute atomic E-state index is 13.2. The number of rotatable bonds is 13. The van der Waals surface area contributed by atoms with E-state index >= 15 is 0 Å². The number of hydrogen-bond donors (Lipinski definition) is 0. The zero-order valence-corrected chi connectivity index (χ0v) is 21.2. The van der Waals surface area contributed by atoms with Gasteiger partial charge in [0.05, 0.1) is 12.8 Å². The van der Waals surface area contributed by atoms with Gasteiger partial charge in [-0.3, -0.25) is 14.4 Å². The molecule has 7 heteroatoms. The number of cyclic esters (lactones) is 1. The van der Waals surface area contributed by atoms with Crippen molar-refractivity contribution in [3.63, 3.8) is 0 Å². The molecular formula is C27H39NO6. The number of nitrogens with zero attached hydrogens (tertiary/aromatic N) is 1. The summed E-state index contributed by atoms with van der Waals surface area (Å²) in [6, 6.07) is 0. The molecule has 188 valence electrons. The van der Waals surface area contributed by atoms with Crippen molar-refractivity contribution in [2.75, 3.05) is 13.7 Å². The number of Topliss-reactive ketones (excluding diaryl/α,β-unsaturated/α-hetero) is 2. The smallest absolute Gasteiger partial charge is 0.324 e. The van der Waals surface area contributed by atoms with Crippen LogP contribution >= 0.6 is 0 Å². The van der Waals surface area contributed by atoms with Crippen LogP contribution in [0.5, 0.6) is 0 Å². The normalized spacial score (nSPS) is 23.3. The molecular weight excluding hydrogens is 434 g/mol. The van der Waals surface area contributed by atoms with Crippen LogP contribution < -0.4 is 0 Å². The average molecular weight is 474 g/mol. The van der Waals surface area contributed by atoms with Crippen molar-refractivity contribution in [2.24, 2.45) is 17.0 Å². The standard InChI is InChI=1S/C27H39NO6/c1-6-9-21(7-2)27(16-14-20-10-8-11-22(32-5)13-12-20)18-24(30)25(26(31)34-27)23(29)15-17-33-28-19(3)4/h10-13,21,25H,6-9,14-18H2,1-5H3. The average Bonchev–Trinajstić information content (AvgIpc) is 3.03. The van der Waals surface area contributed by atoms with Gasteiger partial charge in [0, 0.05) is 12.8 Å². The summed E-state index contributed by atoms with van der Waals surface area (Å²) in [5, 5.41) is 3.78. The number of methoxy groups -OCH3 is 1. The Labute approximate surface area is 203 Å². The van der Waals surface area contributed by atoms with Gasteiger partial charge in [-0.25, -0.2) is 0 Å². The maximum atomic E-state index is 13.2. The summed E-state index contributed by atoms with van der Waals surface area (Å²) in [5.74, 6) is -2.05. The largest absolute Gasteiger partial charge is 0.497 e. The van der Waals surface area contributed by atoms with Crippen molar-refractivity contribution < 1.29 is 28.7 Å². The minimum absolute atomic E-state index is 0.0254. The Bertz CT molecular complexity index is 844. The molecule has 0 bridgehead atoms. The van der Waals surface area contributed by atoms with Gasteiger partial charge < -0.3 is 14.3 Å². The number of ketones is 2. The van der Waals surface area contributed by atoms with Crippen LogP contribution in [-0.2, 0) is 28.7 Å². The van der Waals surface area contributed by atoms with Gasteiger partial charge in [0.15, 0.2) is 17.5 Å². The van der Waals surface area contributed by atoms with Gasteiger partial charge in [0.2, 0.25) is 0 Å². The highest BCUT2D eigenvalue weighted by Gasteiger charge is 2.52. The Hall–Kier alpha value is -2.70. The van der Waals surface area contributed by atoms with Crippen molar-refractivity contribution >= 4 is 23.2 Å². The van der Waals surface area contributed by atoms with E-state index in [2.05, 4.69) is 25.1 Å². The molecule has 0 radical (unpaired) electrons. The second-order valence-corrected chi connectivity index (χ2v) is 9.20. The predicted molar refractivity (Wildman–Crippen MR) is 131 cm³/mol. The number of ether oxygens (including phenoxy) is 2. The molecule has 3 atom stereocenters. The molecule has 0 amide bonds. The molecule has 3 unspecified atom stereocenters. The lowest BCUT2D eigenvalue weighted by atomic mass is 9.71. The lowest BCUT2D eigenvalue weighted by molar-refractivity contribution is -0.187. The quantitative estimate of drug-likeness (QED) is 0.119. The molecule has 0 aromatic heterocycles. The van der Waals surface area contributed by atoms with E-state index in [9.17, 15) is 14.4 Å². The first-order valence-corrected chi connectivity index (χ1v) is 12.3. The van der Waals surface area contributed by atoms with Crippen LogP contribution in [0.4, 0.5) is 0 Å². The second-order valence-electron chi connectivity index (χ2n) is 9.20. The molecule has 1 aliphatic heterocycles. The highest BCUT2D eigenvalue weighted by molar-refractivity contribution is 6.18. The van der Waals surface area contributed by atoms with Crippen LogP contribution in [-0.4, -0.2) is 42.6 Å². The topological polar surface area (TPSA) is 91.3 Å². The van der Waals surface area contributed by atoms with Crippen LogP contribution in [0.15, 0.2) is 40.8 Å². The highest BCUT2D eigenvalue weighted by atomic mass is 16.6. The summed E-state index contributed by atoms with van der Waals surface area (Å²) in [6.07, 6.45) is 12.6. The number of oxime groups is 1. The summed E-state index contributed by atoms with van der Waals surface area (Å²) in [5.41, 5.74) is 0.938. The van der Waals surface area contributed by atoms with Crippen molar-refractivity contribution in [1.29, 1.82) is 0 Å². The fourth-order valence-electron chi connectivity index (χ4n) is 4.70. The Balaban J connectivity index is 2.16. The zero-order chi connectivity index (χ0) is 25.1. The van der Waals surface area contributed by atoms with E-state index in [4.69, 9.17) is 14.3 Å². The lowest BCUT2D eigenvalue weighted by Crippen LogP contribution is -2.53. The summed E-state index contributed by atoms with van der Waals surface area (Å²) in [6.45, 7) is 7.72. The van der Waals surface area contributed by atoms with E-state index in [-0.39, 0.29) is 31.1 Å². The maximum Gasteiger partial charge on any atom is 0.324 e. The van der Waals surface area contributed by atoms with Crippen LogP contribution in [0.25, 0.3) is 0 Å². The molecule has 0 saturated carbocycles. The van der Waals surface area contributed by atoms with Gasteiger partial charge >= 0.3 is 5.97 Å². The van der Waals surface area contributed by atoms with Gasteiger partial charge in [-0.05, 0) is 64.0 Å². The first-order valence-electron chi connectivity index (χ1n) is 12.3. The molecule has 0 aromatic carbocycles. The summed E-state index contributed by atoms with van der Waals surface area (Å²) >= 11 is 0. The minimum Gasteiger partial charge on any atom is -0.497 e. The van der Waals surface area contributed by atoms with Gasteiger partial charge in [-0.1, -0.05) is 43.1 Å². The number of carbonyl (C=O) groups excluding carboxylic acids is 3. The fourth-order valence-corrected chi connectivity index (χ4v) is 4.70.